The van der Waals surface area contributed by atoms with Crippen molar-refractivity contribution in [1.82, 2.24) is 14.9 Å². The first-order valence-electron chi connectivity index (χ1n) is 8.64. The van der Waals surface area contributed by atoms with Gasteiger partial charge in [0.2, 0.25) is 10.0 Å². The Morgan fingerprint density at radius 1 is 1.44 bits per heavy atom. The molecule has 1 aliphatic heterocycles. The maximum atomic E-state index is 12.1. The third-order valence-corrected chi connectivity index (χ3v) is 6.62. The number of rotatable bonds is 8. The van der Waals surface area contributed by atoms with E-state index in [0.717, 1.165) is 28.5 Å². The molecule has 0 aromatic carbocycles. The Kier molecular flexibility index (Phi) is 11.5. The second-order valence-corrected chi connectivity index (χ2v) is 9.92. The van der Waals surface area contributed by atoms with E-state index in [0.29, 0.717) is 25.7 Å². The number of aliphatic imine (C=N–C) groups is 1. The minimum absolute atomic E-state index is 0. The summed E-state index contributed by atoms with van der Waals surface area (Å²) in [5, 5.41) is 3.09. The van der Waals surface area contributed by atoms with E-state index in [9.17, 15) is 8.42 Å². The van der Waals surface area contributed by atoms with E-state index < -0.39 is 10.0 Å². The smallest absolute Gasteiger partial charge is 0.213 e. The molecule has 2 heterocycles. The van der Waals surface area contributed by atoms with Crippen molar-refractivity contribution < 1.29 is 13.2 Å². The van der Waals surface area contributed by atoms with Crippen molar-refractivity contribution in [1.29, 1.82) is 0 Å². The summed E-state index contributed by atoms with van der Waals surface area (Å²) in [5.41, 5.74) is 0. The van der Waals surface area contributed by atoms with Crippen LogP contribution in [0.2, 0.25) is 4.34 Å². The summed E-state index contributed by atoms with van der Waals surface area (Å²) < 4.78 is 33.2. The minimum Gasteiger partial charge on any atom is -0.377 e. The summed E-state index contributed by atoms with van der Waals surface area (Å²) in [4.78, 5) is 7.24. The molecule has 1 aromatic heterocycles. The average molecular weight is 551 g/mol. The standard InChI is InChI=1S/C16H27ClN4O3S2.HI/c1-18-16(21(2)12-14-6-7-15(17)25-14)19-8-10-26(22,23)20-11-13-5-3-4-9-24-13;/h6-7,13,20H,3-5,8-12H2,1-2H3,(H,18,19);1H. The van der Waals surface area contributed by atoms with E-state index in [1.807, 2.05) is 24.1 Å². The van der Waals surface area contributed by atoms with Crippen molar-refractivity contribution in [3.8, 4) is 0 Å². The third kappa shape index (κ3) is 9.27. The highest BCUT2D eigenvalue weighted by Crippen LogP contribution is 2.22. The van der Waals surface area contributed by atoms with Crippen LogP contribution in [0, 0.1) is 0 Å². The number of thiophene rings is 1. The molecule has 1 atom stereocenters. The van der Waals surface area contributed by atoms with Crippen LogP contribution in [0.1, 0.15) is 24.1 Å². The van der Waals surface area contributed by atoms with Crippen LogP contribution in [-0.4, -0.2) is 64.9 Å². The van der Waals surface area contributed by atoms with Gasteiger partial charge in [0.25, 0.3) is 0 Å². The van der Waals surface area contributed by atoms with Crippen LogP contribution in [0.25, 0.3) is 0 Å². The molecule has 7 nitrogen and oxygen atoms in total. The summed E-state index contributed by atoms with van der Waals surface area (Å²) >= 11 is 7.46. The molecule has 0 radical (unpaired) electrons. The molecule has 0 amide bonds. The molecular weight excluding hydrogens is 523 g/mol. The Morgan fingerprint density at radius 3 is 2.81 bits per heavy atom. The number of hydrogen-bond donors (Lipinski definition) is 2. The fourth-order valence-electron chi connectivity index (χ4n) is 2.69. The second-order valence-electron chi connectivity index (χ2n) is 6.19. The molecule has 0 aliphatic carbocycles. The van der Waals surface area contributed by atoms with Crippen molar-refractivity contribution in [2.24, 2.45) is 4.99 Å². The number of sulfonamides is 1. The highest BCUT2D eigenvalue weighted by Gasteiger charge is 2.18. The van der Waals surface area contributed by atoms with Gasteiger partial charge in [-0.2, -0.15) is 0 Å². The molecule has 1 saturated heterocycles. The lowest BCUT2D eigenvalue weighted by atomic mass is 10.1. The summed E-state index contributed by atoms with van der Waals surface area (Å²) in [6.07, 6.45) is 3.04. The number of nitrogens with one attached hydrogen (secondary N) is 2. The van der Waals surface area contributed by atoms with Gasteiger partial charge in [0.05, 0.1) is 22.7 Å². The Balaban J connectivity index is 0.00000364. The topological polar surface area (TPSA) is 83.0 Å². The number of nitrogens with zero attached hydrogens (tertiary/aromatic N) is 2. The van der Waals surface area contributed by atoms with Crippen LogP contribution < -0.4 is 10.0 Å². The zero-order chi connectivity index (χ0) is 19.0. The van der Waals surface area contributed by atoms with Crippen LogP contribution in [0.3, 0.4) is 0 Å². The molecule has 27 heavy (non-hydrogen) atoms. The van der Waals surface area contributed by atoms with Crippen molar-refractivity contribution >= 4 is 62.9 Å². The van der Waals surface area contributed by atoms with Gasteiger partial charge in [-0.15, -0.1) is 35.3 Å². The SMILES string of the molecule is CN=C(NCCS(=O)(=O)NCC1CCCCO1)N(C)Cc1ccc(Cl)s1.I. The maximum Gasteiger partial charge on any atom is 0.213 e. The molecule has 1 aromatic rings. The summed E-state index contributed by atoms with van der Waals surface area (Å²) in [6.45, 7) is 1.99. The van der Waals surface area contributed by atoms with Crippen LogP contribution in [0.4, 0.5) is 0 Å². The van der Waals surface area contributed by atoms with Crippen LogP contribution >= 0.6 is 46.9 Å². The maximum absolute atomic E-state index is 12.1. The Bertz CT molecular complexity index is 694. The minimum atomic E-state index is -3.35. The molecule has 0 saturated carbocycles. The molecule has 2 rings (SSSR count). The Hall–Kier alpha value is -0.140. The van der Waals surface area contributed by atoms with Crippen molar-refractivity contribution in [2.75, 3.05) is 39.5 Å². The van der Waals surface area contributed by atoms with Crippen LogP contribution in [0.15, 0.2) is 17.1 Å². The van der Waals surface area contributed by atoms with Gasteiger partial charge in [-0.3, -0.25) is 4.99 Å². The fourth-order valence-corrected chi connectivity index (χ4v) is 4.78. The zero-order valence-corrected chi connectivity index (χ0v) is 20.3. The normalized spacial score (nSPS) is 18.0. The largest absolute Gasteiger partial charge is 0.377 e. The monoisotopic (exact) mass is 550 g/mol. The third-order valence-electron chi connectivity index (χ3n) is 4.05. The molecule has 1 unspecified atom stereocenters. The summed E-state index contributed by atoms with van der Waals surface area (Å²) in [6, 6.07) is 3.83. The Morgan fingerprint density at radius 2 is 2.22 bits per heavy atom. The predicted molar refractivity (Wildman–Crippen MR) is 123 cm³/mol. The number of guanidine groups is 1. The molecule has 1 aliphatic rings. The molecule has 11 heteroatoms. The van der Waals surface area contributed by atoms with E-state index in [-0.39, 0.29) is 42.4 Å². The first-order chi connectivity index (χ1) is 12.4. The van der Waals surface area contributed by atoms with E-state index in [4.69, 9.17) is 16.3 Å². The molecule has 0 spiro atoms. The fraction of sp³-hybridized carbons (Fsp3) is 0.688. The average Bonchev–Trinajstić information content (AvgIpc) is 3.02. The molecule has 156 valence electrons. The number of hydrogen-bond acceptors (Lipinski definition) is 5. The van der Waals surface area contributed by atoms with Crippen molar-refractivity contribution in [3.05, 3.63) is 21.3 Å². The molecule has 2 N–H and O–H groups in total. The van der Waals surface area contributed by atoms with Gasteiger partial charge in [0, 0.05) is 38.7 Å². The van der Waals surface area contributed by atoms with Crippen molar-refractivity contribution in [2.45, 2.75) is 31.9 Å². The van der Waals surface area contributed by atoms with Crippen LogP contribution in [-0.2, 0) is 21.3 Å². The van der Waals surface area contributed by atoms with Gasteiger partial charge in [-0.1, -0.05) is 11.6 Å². The van der Waals surface area contributed by atoms with Gasteiger partial charge in [0.15, 0.2) is 5.96 Å². The molecule has 1 fully saturated rings. The first-order valence-corrected chi connectivity index (χ1v) is 11.5. The highest BCUT2D eigenvalue weighted by atomic mass is 127. The Labute approximate surface area is 188 Å². The van der Waals surface area contributed by atoms with Gasteiger partial charge in [-0.05, 0) is 31.4 Å². The van der Waals surface area contributed by atoms with Gasteiger partial charge in [0.1, 0.15) is 0 Å². The summed E-state index contributed by atoms with van der Waals surface area (Å²) in [5.74, 6) is 0.623. The highest BCUT2D eigenvalue weighted by molar-refractivity contribution is 14.0. The lowest BCUT2D eigenvalue weighted by Crippen LogP contribution is -2.43. The van der Waals surface area contributed by atoms with Gasteiger partial charge in [-0.25, -0.2) is 13.1 Å². The summed E-state index contributed by atoms with van der Waals surface area (Å²) in [7, 11) is 0.225. The number of halogens is 2. The van der Waals surface area contributed by atoms with Crippen LogP contribution in [0.5, 0.6) is 0 Å². The zero-order valence-electron chi connectivity index (χ0n) is 15.6. The second kappa shape index (κ2) is 12.4. The first kappa shape index (κ1) is 24.9. The van der Waals surface area contributed by atoms with E-state index in [2.05, 4.69) is 15.0 Å². The predicted octanol–water partition coefficient (Wildman–Crippen LogP) is 2.52. The molecular formula is C16H28ClIN4O3S2. The van der Waals surface area contributed by atoms with E-state index >= 15 is 0 Å². The quantitative estimate of drug-likeness (QED) is 0.295. The lowest BCUT2D eigenvalue weighted by Gasteiger charge is -2.23. The van der Waals surface area contributed by atoms with Gasteiger partial charge < -0.3 is 15.0 Å². The lowest BCUT2D eigenvalue weighted by molar-refractivity contribution is 0.0200. The van der Waals surface area contributed by atoms with Gasteiger partial charge >= 0.3 is 0 Å². The molecule has 0 bridgehead atoms. The number of ether oxygens (including phenoxy) is 1. The van der Waals surface area contributed by atoms with E-state index in [1.54, 1.807) is 7.05 Å². The van der Waals surface area contributed by atoms with E-state index in [1.165, 1.54) is 11.3 Å². The van der Waals surface area contributed by atoms with Crippen molar-refractivity contribution in [3.63, 3.8) is 0 Å².